The molecule has 19 heavy (non-hydrogen) atoms. The highest BCUT2D eigenvalue weighted by atomic mass is 16.5. The van der Waals surface area contributed by atoms with Crippen LogP contribution in [0.25, 0.3) is 10.9 Å². The molecule has 3 nitrogen and oxygen atoms in total. The largest absolute Gasteiger partial charge is 0.379 e. The van der Waals surface area contributed by atoms with Gasteiger partial charge < -0.3 is 15.0 Å². The molecule has 0 amide bonds. The Morgan fingerprint density at radius 1 is 1.26 bits per heavy atom. The Kier molecular flexibility index (Phi) is 2.32. The van der Waals surface area contributed by atoms with E-state index >= 15 is 0 Å². The molecule has 1 aromatic heterocycles. The van der Waals surface area contributed by atoms with Gasteiger partial charge >= 0.3 is 0 Å². The fraction of sp³-hybridized carbons (Fsp3) is 0.500. The number of rotatable bonds is 2. The van der Waals surface area contributed by atoms with Gasteiger partial charge in [0.15, 0.2) is 0 Å². The van der Waals surface area contributed by atoms with Crippen LogP contribution in [-0.4, -0.2) is 23.8 Å². The van der Waals surface area contributed by atoms with Crippen molar-refractivity contribution in [1.82, 2.24) is 4.57 Å². The third kappa shape index (κ3) is 1.46. The molecule has 2 heterocycles. The van der Waals surface area contributed by atoms with Crippen molar-refractivity contribution in [3.05, 3.63) is 36.0 Å². The second-order valence-corrected chi connectivity index (χ2v) is 6.25. The number of para-hydroxylation sites is 1. The van der Waals surface area contributed by atoms with Gasteiger partial charge in [-0.25, -0.2) is 0 Å². The molecule has 1 saturated heterocycles. The molecule has 0 spiro atoms. The maximum Gasteiger partial charge on any atom is 0.0589 e. The summed E-state index contributed by atoms with van der Waals surface area (Å²) in [5, 5.41) is 1.38. The molecule has 0 unspecified atom stereocenters. The minimum Gasteiger partial charge on any atom is -0.379 e. The topological polar surface area (TPSA) is 40.2 Å². The lowest BCUT2D eigenvalue weighted by Crippen LogP contribution is -2.58. The highest BCUT2D eigenvalue weighted by molar-refractivity contribution is 5.85. The molecule has 1 aliphatic carbocycles. The molecular formula is C16H20N2O. The minimum atomic E-state index is 0.219. The molecule has 3 heteroatoms. The standard InChI is InChI=1S/C16H20N2O/c1-18-8-14(13-4-2-3-5-15(13)18)16(9-19-10-16)11-6-12(17)7-11/h2-5,8,11-12H,6-7,9-10,17H2,1H3. The van der Waals surface area contributed by atoms with Gasteiger partial charge in [-0.1, -0.05) is 18.2 Å². The predicted octanol–water partition coefficient (Wildman–Crippen LogP) is 2.18. The Labute approximate surface area is 113 Å². The second-order valence-electron chi connectivity index (χ2n) is 6.25. The Balaban J connectivity index is 1.84. The summed E-state index contributed by atoms with van der Waals surface area (Å²) in [5.41, 5.74) is 8.99. The van der Waals surface area contributed by atoms with E-state index in [1.807, 2.05) is 0 Å². The smallest absolute Gasteiger partial charge is 0.0589 e. The van der Waals surface area contributed by atoms with Gasteiger partial charge in [0, 0.05) is 35.6 Å². The zero-order chi connectivity index (χ0) is 13.0. The van der Waals surface area contributed by atoms with Gasteiger partial charge in [-0.2, -0.15) is 0 Å². The van der Waals surface area contributed by atoms with Crippen molar-refractivity contribution in [2.24, 2.45) is 18.7 Å². The predicted molar refractivity (Wildman–Crippen MR) is 76.1 cm³/mol. The van der Waals surface area contributed by atoms with Gasteiger partial charge in [0.2, 0.25) is 0 Å². The maximum absolute atomic E-state index is 5.99. The number of fused-ring (bicyclic) bond motifs is 1. The molecule has 4 rings (SSSR count). The molecule has 100 valence electrons. The van der Waals surface area contributed by atoms with Crippen molar-refractivity contribution in [1.29, 1.82) is 0 Å². The first kappa shape index (κ1) is 11.5. The number of ether oxygens (including phenoxy) is 1. The summed E-state index contributed by atoms with van der Waals surface area (Å²) < 4.78 is 7.83. The molecule has 2 fully saturated rings. The average Bonchev–Trinajstić information content (AvgIpc) is 2.65. The average molecular weight is 256 g/mol. The SMILES string of the molecule is Cn1cc(C2(C3CC(N)C3)COC2)c2ccccc21. The summed E-state index contributed by atoms with van der Waals surface area (Å²) in [7, 11) is 2.13. The molecule has 0 radical (unpaired) electrons. The van der Waals surface area contributed by atoms with Crippen LogP contribution in [0.5, 0.6) is 0 Å². The lowest BCUT2D eigenvalue weighted by atomic mass is 9.59. The summed E-state index contributed by atoms with van der Waals surface area (Å²) in [6.45, 7) is 1.72. The fourth-order valence-corrected chi connectivity index (χ4v) is 3.78. The minimum absolute atomic E-state index is 0.219. The summed E-state index contributed by atoms with van der Waals surface area (Å²) in [4.78, 5) is 0. The van der Waals surface area contributed by atoms with Gasteiger partial charge in [-0.15, -0.1) is 0 Å². The summed E-state index contributed by atoms with van der Waals surface area (Å²) in [6, 6.07) is 9.07. The van der Waals surface area contributed by atoms with E-state index in [1.54, 1.807) is 0 Å². The number of aryl methyl sites for hydroxylation is 1. The van der Waals surface area contributed by atoms with Crippen molar-refractivity contribution in [2.45, 2.75) is 24.3 Å². The van der Waals surface area contributed by atoms with E-state index in [1.165, 1.54) is 16.5 Å². The van der Waals surface area contributed by atoms with E-state index in [0.717, 1.165) is 26.1 Å². The third-order valence-electron chi connectivity index (χ3n) is 5.11. The first-order valence-electron chi connectivity index (χ1n) is 7.08. The number of hydrogen-bond acceptors (Lipinski definition) is 2. The van der Waals surface area contributed by atoms with Crippen molar-refractivity contribution in [3.8, 4) is 0 Å². The van der Waals surface area contributed by atoms with Crippen LogP contribution in [-0.2, 0) is 17.2 Å². The normalized spacial score (nSPS) is 28.9. The van der Waals surface area contributed by atoms with E-state index in [2.05, 4.69) is 42.1 Å². The number of nitrogens with zero attached hydrogens (tertiary/aromatic N) is 1. The molecule has 1 aliphatic heterocycles. The maximum atomic E-state index is 5.99. The Morgan fingerprint density at radius 2 is 2.00 bits per heavy atom. The van der Waals surface area contributed by atoms with E-state index in [9.17, 15) is 0 Å². The molecule has 1 saturated carbocycles. The third-order valence-corrected chi connectivity index (χ3v) is 5.11. The fourth-order valence-electron chi connectivity index (χ4n) is 3.78. The molecule has 1 aromatic carbocycles. The Bertz CT molecular complexity index is 621. The molecule has 0 atom stereocenters. The lowest BCUT2D eigenvalue weighted by Gasteiger charge is -2.53. The monoisotopic (exact) mass is 256 g/mol. The first-order chi connectivity index (χ1) is 9.21. The van der Waals surface area contributed by atoms with Crippen LogP contribution in [0.4, 0.5) is 0 Å². The van der Waals surface area contributed by atoms with Gasteiger partial charge in [0.1, 0.15) is 0 Å². The molecule has 0 bridgehead atoms. The summed E-state index contributed by atoms with van der Waals surface area (Å²) in [5.74, 6) is 0.696. The van der Waals surface area contributed by atoms with E-state index in [-0.39, 0.29) is 5.41 Å². The summed E-state index contributed by atoms with van der Waals surface area (Å²) in [6.07, 6.45) is 4.59. The molecular weight excluding hydrogens is 236 g/mol. The number of aromatic nitrogens is 1. The molecule has 2 aromatic rings. The van der Waals surface area contributed by atoms with Crippen molar-refractivity contribution in [2.75, 3.05) is 13.2 Å². The van der Waals surface area contributed by atoms with Crippen LogP contribution < -0.4 is 5.73 Å². The van der Waals surface area contributed by atoms with Crippen LogP contribution in [0.2, 0.25) is 0 Å². The van der Waals surface area contributed by atoms with Gasteiger partial charge in [0.25, 0.3) is 0 Å². The quantitative estimate of drug-likeness (QED) is 0.894. The van der Waals surface area contributed by atoms with Crippen LogP contribution in [0.1, 0.15) is 18.4 Å². The highest BCUT2D eigenvalue weighted by Crippen LogP contribution is 2.50. The lowest BCUT2D eigenvalue weighted by molar-refractivity contribution is -0.110. The number of hydrogen-bond donors (Lipinski definition) is 1. The Morgan fingerprint density at radius 3 is 2.63 bits per heavy atom. The highest BCUT2D eigenvalue weighted by Gasteiger charge is 2.52. The molecule has 2 aliphatic rings. The van der Waals surface area contributed by atoms with Crippen molar-refractivity contribution < 1.29 is 4.74 Å². The van der Waals surface area contributed by atoms with E-state index in [4.69, 9.17) is 10.5 Å². The van der Waals surface area contributed by atoms with Crippen LogP contribution in [0, 0.1) is 5.92 Å². The van der Waals surface area contributed by atoms with Crippen molar-refractivity contribution >= 4 is 10.9 Å². The summed E-state index contributed by atoms with van der Waals surface area (Å²) >= 11 is 0. The van der Waals surface area contributed by atoms with Crippen LogP contribution in [0.3, 0.4) is 0 Å². The molecule has 2 N–H and O–H groups in total. The zero-order valence-electron chi connectivity index (χ0n) is 11.3. The number of nitrogens with two attached hydrogens (primary N) is 1. The van der Waals surface area contributed by atoms with Gasteiger partial charge in [0.05, 0.1) is 13.2 Å². The number of benzene rings is 1. The first-order valence-corrected chi connectivity index (χ1v) is 7.08. The zero-order valence-corrected chi connectivity index (χ0v) is 11.3. The van der Waals surface area contributed by atoms with Crippen molar-refractivity contribution in [3.63, 3.8) is 0 Å². The van der Waals surface area contributed by atoms with Gasteiger partial charge in [-0.3, -0.25) is 0 Å². The van der Waals surface area contributed by atoms with Crippen LogP contribution >= 0.6 is 0 Å². The Hall–Kier alpha value is -1.32. The van der Waals surface area contributed by atoms with Gasteiger partial charge in [-0.05, 0) is 30.4 Å². The van der Waals surface area contributed by atoms with E-state index < -0.39 is 0 Å². The van der Waals surface area contributed by atoms with E-state index in [0.29, 0.717) is 12.0 Å². The van der Waals surface area contributed by atoms with Crippen LogP contribution in [0.15, 0.2) is 30.5 Å². The second kappa shape index (κ2) is 3.84.